The number of nitrogen functional groups attached to an aromatic ring is 1. The second-order valence-electron chi connectivity index (χ2n) is 7.22. The molecule has 5 rings (SSSR count). The summed E-state index contributed by atoms with van der Waals surface area (Å²) < 4.78 is 6.49. The molecule has 2 fully saturated rings. The molecule has 30 heavy (non-hydrogen) atoms. The number of fused-ring (bicyclic) bond motifs is 1. The lowest BCUT2D eigenvalue weighted by atomic mass is 10.2. The molecule has 0 atom stereocenters. The Balaban J connectivity index is 1.42. The Morgan fingerprint density at radius 2 is 2.10 bits per heavy atom. The summed E-state index contributed by atoms with van der Waals surface area (Å²) in [5, 5.41) is 10.1. The molecule has 11 heteroatoms. The largest absolute Gasteiger partial charge is 0.383 e. The molecule has 0 radical (unpaired) electrons. The van der Waals surface area contributed by atoms with Crippen molar-refractivity contribution in [3.8, 4) is 0 Å². The molecule has 3 aromatic heterocycles. The van der Waals surface area contributed by atoms with E-state index in [-0.39, 0.29) is 17.9 Å². The fourth-order valence-corrected chi connectivity index (χ4v) is 3.46. The number of aromatic nitrogens is 4. The molecule has 0 aromatic carbocycles. The van der Waals surface area contributed by atoms with Crippen molar-refractivity contribution in [2.24, 2.45) is 0 Å². The van der Waals surface area contributed by atoms with Gasteiger partial charge in [-0.25, -0.2) is 9.97 Å². The fraction of sp³-hybridized carbons (Fsp3) is 0.316. The van der Waals surface area contributed by atoms with Crippen molar-refractivity contribution in [2.75, 3.05) is 35.7 Å². The Kier molecular flexibility index (Phi) is 4.43. The zero-order valence-corrected chi connectivity index (χ0v) is 16.0. The van der Waals surface area contributed by atoms with Gasteiger partial charge in [0.1, 0.15) is 28.8 Å². The second-order valence-corrected chi connectivity index (χ2v) is 7.22. The van der Waals surface area contributed by atoms with Gasteiger partial charge in [-0.3, -0.25) is 14.5 Å². The summed E-state index contributed by atoms with van der Waals surface area (Å²) in [7, 11) is 0. The maximum absolute atomic E-state index is 12.6. The minimum atomic E-state index is -0.282. The van der Waals surface area contributed by atoms with E-state index in [1.807, 2.05) is 6.07 Å². The molecule has 2 saturated heterocycles. The van der Waals surface area contributed by atoms with Crippen LogP contribution in [0.25, 0.3) is 5.65 Å². The first-order valence-electron chi connectivity index (χ1n) is 9.66. The molecule has 154 valence electrons. The van der Waals surface area contributed by atoms with Gasteiger partial charge in [-0.2, -0.15) is 9.61 Å². The van der Waals surface area contributed by atoms with Gasteiger partial charge in [0.05, 0.1) is 25.5 Å². The lowest BCUT2D eigenvalue weighted by Gasteiger charge is -2.26. The highest BCUT2D eigenvalue weighted by Gasteiger charge is 2.25. The molecular formula is C19H20N8O3. The highest BCUT2D eigenvalue weighted by Crippen LogP contribution is 2.23. The van der Waals surface area contributed by atoms with Gasteiger partial charge in [0.25, 0.3) is 5.91 Å². The van der Waals surface area contributed by atoms with Crippen molar-refractivity contribution in [3.63, 3.8) is 0 Å². The van der Waals surface area contributed by atoms with Crippen LogP contribution in [0.4, 0.5) is 23.3 Å². The highest BCUT2D eigenvalue weighted by molar-refractivity contribution is 6.00. The van der Waals surface area contributed by atoms with Gasteiger partial charge in [-0.15, -0.1) is 0 Å². The summed E-state index contributed by atoms with van der Waals surface area (Å²) in [6.45, 7) is 1.65. The van der Waals surface area contributed by atoms with Crippen LogP contribution in [0, 0.1) is 0 Å². The molecule has 3 aromatic rings. The van der Waals surface area contributed by atoms with Crippen molar-refractivity contribution in [3.05, 3.63) is 36.0 Å². The van der Waals surface area contributed by atoms with E-state index in [4.69, 9.17) is 10.5 Å². The molecule has 11 nitrogen and oxygen atoms in total. The number of rotatable bonds is 5. The Morgan fingerprint density at radius 3 is 2.83 bits per heavy atom. The number of nitrogens with zero attached hydrogens (tertiary/aromatic N) is 5. The van der Waals surface area contributed by atoms with Crippen LogP contribution >= 0.6 is 0 Å². The van der Waals surface area contributed by atoms with Gasteiger partial charge in [0.2, 0.25) is 5.91 Å². The van der Waals surface area contributed by atoms with Gasteiger partial charge < -0.3 is 21.1 Å². The Hall–Kier alpha value is -3.73. The number of anilines is 4. The fourth-order valence-electron chi connectivity index (χ4n) is 3.46. The zero-order valence-electron chi connectivity index (χ0n) is 16.0. The lowest BCUT2D eigenvalue weighted by molar-refractivity contribution is -0.117. The first-order chi connectivity index (χ1) is 14.6. The molecule has 0 bridgehead atoms. The molecule has 2 amide bonds. The van der Waals surface area contributed by atoms with Crippen LogP contribution in [-0.2, 0) is 9.53 Å². The average molecular weight is 408 g/mol. The normalized spacial score (nSPS) is 16.7. The van der Waals surface area contributed by atoms with Gasteiger partial charge >= 0.3 is 0 Å². The number of nitrogens with one attached hydrogen (secondary N) is 2. The molecule has 2 aliphatic heterocycles. The number of carbonyl (C=O) groups excluding carboxylic acids is 2. The molecule has 0 saturated carbocycles. The maximum Gasteiger partial charge on any atom is 0.257 e. The van der Waals surface area contributed by atoms with E-state index in [1.165, 1.54) is 10.7 Å². The maximum atomic E-state index is 12.6. The van der Waals surface area contributed by atoms with Crippen molar-refractivity contribution in [1.82, 2.24) is 24.9 Å². The summed E-state index contributed by atoms with van der Waals surface area (Å²) in [6, 6.07) is 6.98. The van der Waals surface area contributed by atoms with Gasteiger partial charge in [0, 0.05) is 19.0 Å². The molecule has 2 aliphatic rings. The molecule has 0 aliphatic carbocycles. The Bertz CT molecular complexity index is 1140. The quantitative estimate of drug-likeness (QED) is 0.561. The number of hydrogen-bond donors (Lipinski definition) is 3. The van der Waals surface area contributed by atoms with E-state index in [2.05, 4.69) is 25.7 Å². The monoisotopic (exact) mass is 408 g/mol. The van der Waals surface area contributed by atoms with Crippen molar-refractivity contribution in [2.45, 2.75) is 18.9 Å². The average Bonchev–Trinajstić information content (AvgIpc) is 3.31. The summed E-state index contributed by atoms with van der Waals surface area (Å²) in [5.41, 5.74) is 6.76. The van der Waals surface area contributed by atoms with Crippen LogP contribution in [0.15, 0.2) is 30.5 Å². The first kappa shape index (κ1) is 18.3. The molecule has 5 heterocycles. The van der Waals surface area contributed by atoms with E-state index in [9.17, 15) is 9.59 Å². The number of ether oxygens (including phenoxy) is 1. The van der Waals surface area contributed by atoms with Crippen LogP contribution in [0.5, 0.6) is 0 Å². The Morgan fingerprint density at radius 1 is 1.23 bits per heavy atom. The molecule has 0 spiro atoms. The van der Waals surface area contributed by atoms with E-state index in [0.29, 0.717) is 60.7 Å². The lowest BCUT2D eigenvalue weighted by Crippen LogP contribution is -2.48. The van der Waals surface area contributed by atoms with Gasteiger partial charge in [-0.05, 0) is 18.6 Å². The number of nitrogens with two attached hydrogens (primary N) is 1. The molecule has 0 unspecified atom stereocenters. The van der Waals surface area contributed by atoms with Crippen LogP contribution in [0.1, 0.15) is 23.2 Å². The summed E-state index contributed by atoms with van der Waals surface area (Å²) >= 11 is 0. The number of hydrogen-bond acceptors (Lipinski definition) is 8. The minimum Gasteiger partial charge on any atom is -0.383 e. The van der Waals surface area contributed by atoms with E-state index < -0.39 is 0 Å². The smallest absolute Gasteiger partial charge is 0.257 e. The Labute approximate surface area is 171 Å². The van der Waals surface area contributed by atoms with E-state index >= 15 is 0 Å². The third-order valence-corrected chi connectivity index (χ3v) is 5.06. The van der Waals surface area contributed by atoms with Crippen LogP contribution < -0.4 is 21.3 Å². The summed E-state index contributed by atoms with van der Waals surface area (Å²) in [5.74, 6) is 1.62. The number of pyridine rings is 1. The van der Waals surface area contributed by atoms with E-state index in [1.54, 1.807) is 23.1 Å². The molecular weight excluding hydrogens is 388 g/mol. The van der Waals surface area contributed by atoms with Crippen LogP contribution in [-0.4, -0.2) is 57.2 Å². The SMILES string of the molecule is Nc1cc(Nc2cccc(N3CCCC3=O)n2)nc2c(C(=O)NC3COC3)cnn12. The standard InChI is InChI=1S/C19H20N8O3/c20-13-7-15(23-14-3-1-4-16(24-14)26-6-2-5-17(26)28)25-18-12(8-21-27(13)18)19(29)22-11-9-30-10-11/h1,3-4,7-8,11H,2,5-6,9-10,20H2,(H,22,29)(H,23,24,25). The minimum absolute atomic E-state index is 0.00802. The van der Waals surface area contributed by atoms with Crippen LogP contribution in [0.2, 0.25) is 0 Å². The zero-order chi connectivity index (χ0) is 20.7. The summed E-state index contributed by atoms with van der Waals surface area (Å²) in [4.78, 5) is 35.2. The topological polar surface area (TPSA) is 140 Å². The highest BCUT2D eigenvalue weighted by atomic mass is 16.5. The van der Waals surface area contributed by atoms with Crippen LogP contribution in [0.3, 0.4) is 0 Å². The van der Waals surface area contributed by atoms with Gasteiger partial charge in [-0.1, -0.05) is 6.07 Å². The predicted molar refractivity (Wildman–Crippen MR) is 109 cm³/mol. The number of carbonyl (C=O) groups is 2. The third-order valence-electron chi connectivity index (χ3n) is 5.06. The van der Waals surface area contributed by atoms with Crippen molar-refractivity contribution in [1.29, 1.82) is 0 Å². The number of amides is 2. The van der Waals surface area contributed by atoms with E-state index in [0.717, 1.165) is 6.42 Å². The first-order valence-corrected chi connectivity index (χ1v) is 9.66. The van der Waals surface area contributed by atoms with Crippen molar-refractivity contribution < 1.29 is 14.3 Å². The van der Waals surface area contributed by atoms with Crippen molar-refractivity contribution >= 4 is 40.7 Å². The second kappa shape index (κ2) is 7.26. The van der Waals surface area contributed by atoms with Gasteiger partial charge in [0.15, 0.2) is 5.65 Å². The molecule has 4 N–H and O–H groups in total. The predicted octanol–water partition coefficient (Wildman–Crippen LogP) is 0.705. The summed E-state index contributed by atoms with van der Waals surface area (Å²) in [6.07, 6.45) is 2.80. The third kappa shape index (κ3) is 3.28.